The fourth-order valence-electron chi connectivity index (χ4n) is 3.13. The lowest BCUT2D eigenvalue weighted by atomic mass is 9.79. The molecule has 0 aliphatic heterocycles. The average Bonchev–Trinajstić information content (AvgIpc) is 2.62. The van der Waals surface area contributed by atoms with E-state index in [0.29, 0.717) is 23.6 Å². The van der Waals surface area contributed by atoms with Crippen LogP contribution in [0.15, 0.2) is 12.1 Å². The van der Waals surface area contributed by atoms with Gasteiger partial charge < -0.3 is 14.6 Å². The number of hydrogen-bond acceptors (Lipinski definition) is 5. The maximum Gasteiger partial charge on any atom is 0.276 e. The molecular weight excluding hydrogens is 360 g/mol. The number of ether oxygens (including phenoxy) is 1. The molecule has 1 aromatic rings. The summed E-state index contributed by atoms with van der Waals surface area (Å²) in [6, 6.07) is 3.43. The molecule has 8 heteroatoms. The highest BCUT2D eigenvalue weighted by molar-refractivity contribution is 6.32. The molecule has 0 radical (unpaired) electrons. The van der Waals surface area contributed by atoms with E-state index in [1.165, 1.54) is 0 Å². The lowest BCUT2D eigenvalue weighted by molar-refractivity contribution is -0.314. The van der Waals surface area contributed by atoms with Gasteiger partial charge in [0.05, 0.1) is 0 Å². The smallest absolute Gasteiger partial charge is 0.276 e. The molecular formula is C18H22ClN2O5-. The first-order chi connectivity index (χ1) is 12.3. The van der Waals surface area contributed by atoms with E-state index in [0.717, 1.165) is 24.0 Å². The predicted molar refractivity (Wildman–Crippen MR) is 93.2 cm³/mol. The van der Waals surface area contributed by atoms with Crippen LogP contribution in [0, 0.1) is 25.7 Å². The third kappa shape index (κ3) is 5.11. The highest BCUT2D eigenvalue weighted by Gasteiger charge is 2.31. The second-order valence-corrected chi connectivity index (χ2v) is 6.89. The van der Waals surface area contributed by atoms with Crippen molar-refractivity contribution in [2.45, 2.75) is 39.5 Å². The first kappa shape index (κ1) is 20.0. The van der Waals surface area contributed by atoms with Crippen molar-refractivity contribution in [1.82, 2.24) is 10.9 Å². The van der Waals surface area contributed by atoms with Gasteiger partial charge in [-0.3, -0.25) is 20.4 Å². The standard InChI is InChI=1S/C18H23ClN2O5/c1-10-7-12(8-11(2)16(10)19)26-9-15(22)20-21-17(23)13-5-3-4-6-14(13)18(24)25/h7-8,13-14H,3-6,9H2,1-2H3,(H,20,22)(H,21,23)(H,24,25)/p-1/t13-,14-/m0/s1. The Morgan fingerprint density at radius 3 is 2.27 bits per heavy atom. The number of carboxylic acid groups (broad SMARTS) is 1. The van der Waals surface area contributed by atoms with E-state index in [2.05, 4.69) is 10.9 Å². The number of hydrazine groups is 1. The van der Waals surface area contributed by atoms with Gasteiger partial charge >= 0.3 is 0 Å². The van der Waals surface area contributed by atoms with E-state index in [1.807, 2.05) is 13.8 Å². The van der Waals surface area contributed by atoms with Gasteiger partial charge in [-0.15, -0.1) is 0 Å². The number of carbonyl (C=O) groups is 3. The van der Waals surface area contributed by atoms with Gasteiger partial charge in [0.1, 0.15) is 5.75 Å². The van der Waals surface area contributed by atoms with Crippen LogP contribution in [0.1, 0.15) is 36.8 Å². The van der Waals surface area contributed by atoms with E-state index in [1.54, 1.807) is 12.1 Å². The second-order valence-electron chi connectivity index (χ2n) is 6.51. The van der Waals surface area contributed by atoms with E-state index < -0.39 is 29.6 Å². The normalized spacial score (nSPS) is 19.5. The third-order valence-electron chi connectivity index (χ3n) is 4.51. The van der Waals surface area contributed by atoms with Crippen molar-refractivity contribution in [3.05, 3.63) is 28.3 Å². The number of rotatable bonds is 5. The zero-order valence-corrected chi connectivity index (χ0v) is 15.5. The summed E-state index contributed by atoms with van der Waals surface area (Å²) in [5.74, 6) is -3.33. The van der Waals surface area contributed by atoms with E-state index in [9.17, 15) is 19.5 Å². The summed E-state index contributed by atoms with van der Waals surface area (Å²) >= 11 is 6.08. The summed E-state index contributed by atoms with van der Waals surface area (Å²) in [5, 5.41) is 11.8. The molecule has 142 valence electrons. The Morgan fingerprint density at radius 2 is 1.69 bits per heavy atom. The molecule has 2 amide bonds. The monoisotopic (exact) mass is 381 g/mol. The Kier molecular flexibility index (Phi) is 6.85. The Bertz CT molecular complexity index is 684. The number of carboxylic acids is 1. The van der Waals surface area contributed by atoms with Gasteiger partial charge in [0.25, 0.3) is 5.91 Å². The molecule has 1 aromatic carbocycles. The van der Waals surface area contributed by atoms with E-state index in [4.69, 9.17) is 16.3 Å². The molecule has 0 aromatic heterocycles. The van der Waals surface area contributed by atoms with Crippen LogP contribution in [0.25, 0.3) is 0 Å². The van der Waals surface area contributed by atoms with Crippen LogP contribution in [0.2, 0.25) is 5.02 Å². The van der Waals surface area contributed by atoms with Crippen LogP contribution < -0.4 is 20.7 Å². The van der Waals surface area contributed by atoms with Gasteiger partial charge in [-0.1, -0.05) is 24.4 Å². The number of hydrogen-bond donors (Lipinski definition) is 2. The highest BCUT2D eigenvalue weighted by Crippen LogP contribution is 2.29. The molecule has 7 nitrogen and oxygen atoms in total. The fourth-order valence-corrected chi connectivity index (χ4v) is 3.23. The van der Waals surface area contributed by atoms with Crippen molar-refractivity contribution in [2.24, 2.45) is 11.8 Å². The van der Waals surface area contributed by atoms with Crippen LogP contribution in [0.5, 0.6) is 5.75 Å². The number of nitrogens with one attached hydrogen (secondary N) is 2. The number of amides is 2. The summed E-state index contributed by atoms with van der Waals surface area (Å²) in [7, 11) is 0. The minimum absolute atomic E-state index is 0.296. The first-order valence-corrected chi connectivity index (χ1v) is 8.86. The van der Waals surface area contributed by atoms with Gasteiger partial charge in [0.2, 0.25) is 5.91 Å². The van der Waals surface area contributed by atoms with Crippen molar-refractivity contribution in [2.75, 3.05) is 6.61 Å². The minimum atomic E-state index is -1.23. The predicted octanol–water partition coefficient (Wildman–Crippen LogP) is 1.04. The van der Waals surface area contributed by atoms with Crippen molar-refractivity contribution in [3.63, 3.8) is 0 Å². The highest BCUT2D eigenvalue weighted by atomic mass is 35.5. The fraction of sp³-hybridized carbons (Fsp3) is 0.500. The minimum Gasteiger partial charge on any atom is -0.550 e. The molecule has 2 atom stereocenters. The summed E-state index contributed by atoms with van der Waals surface area (Å²) in [6.07, 6.45) is 2.39. The molecule has 2 rings (SSSR count). The van der Waals surface area contributed by atoms with Crippen LogP contribution in [0.4, 0.5) is 0 Å². The Labute approximate surface area is 157 Å². The zero-order valence-electron chi connectivity index (χ0n) is 14.8. The number of carbonyl (C=O) groups excluding carboxylic acids is 3. The summed E-state index contributed by atoms with van der Waals surface area (Å²) < 4.78 is 5.40. The molecule has 1 aliphatic carbocycles. The third-order valence-corrected chi connectivity index (χ3v) is 5.11. The number of benzene rings is 1. The molecule has 0 bridgehead atoms. The molecule has 26 heavy (non-hydrogen) atoms. The van der Waals surface area contributed by atoms with E-state index >= 15 is 0 Å². The summed E-state index contributed by atoms with van der Waals surface area (Å²) in [4.78, 5) is 35.1. The topological polar surface area (TPSA) is 108 Å². The molecule has 2 N–H and O–H groups in total. The molecule has 1 fully saturated rings. The quantitative estimate of drug-likeness (QED) is 0.741. The maximum absolute atomic E-state index is 12.1. The van der Waals surface area contributed by atoms with Crippen LogP contribution >= 0.6 is 11.6 Å². The lowest BCUT2D eigenvalue weighted by Gasteiger charge is -2.31. The molecule has 0 heterocycles. The first-order valence-electron chi connectivity index (χ1n) is 8.48. The average molecular weight is 382 g/mol. The van der Waals surface area contributed by atoms with Crippen LogP contribution in [0.3, 0.4) is 0 Å². The number of aliphatic carboxylic acids is 1. The van der Waals surface area contributed by atoms with E-state index in [-0.39, 0.29) is 6.61 Å². The van der Waals surface area contributed by atoms with Crippen molar-refractivity contribution in [3.8, 4) is 5.75 Å². The maximum atomic E-state index is 12.1. The second kappa shape index (κ2) is 8.89. The van der Waals surface area contributed by atoms with Crippen LogP contribution in [-0.2, 0) is 14.4 Å². The van der Waals surface area contributed by atoms with Gasteiger partial charge in [-0.2, -0.15) is 0 Å². The van der Waals surface area contributed by atoms with Crippen molar-refractivity contribution < 1.29 is 24.2 Å². The summed E-state index contributed by atoms with van der Waals surface area (Å²) in [6.45, 7) is 3.37. The molecule has 1 aliphatic rings. The molecule has 1 saturated carbocycles. The largest absolute Gasteiger partial charge is 0.550 e. The van der Waals surface area contributed by atoms with Crippen molar-refractivity contribution in [1.29, 1.82) is 0 Å². The number of halogens is 1. The lowest BCUT2D eigenvalue weighted by Crippen LogP contribution is -2.50. The molecule has 0 unspecified atom stereocenters. The Morgan fingerprint density at radius 1 is 1.12 bits per heavy atom. The number of aryl methyl sites for hydroxylation is 2. The van der Waals surface area contributed by atoms with Gasteiger partial charge in [0.15, 0.2) is 6.61 Å². The van der Waals surface area contributed by atoms with Gasteiger partial charge in [-0.05, 0) is 49.9 Å². The Hall–Kier alpha value is -2.28. The SMILES string of the molecule is Cc1cc(OCC(=O)NNC(=O)[C@H]2CCCC[C@@H]2C(=O)[O-])cc(C)c1Cl. The molecule has 0 saturated heterocycles. The Balaban J connectivity index is 1.83. The van der Waals surface area contributed by atoms with Crippen LogP contribution in [-0.4, -0.2) is 24.4 Å². The van der Waals surface area contributed by atoms with Gasteiger partial charge in [0, 0.05) is 22.8 Å². The summed E-state index contributed by atoms with van der Waals surface area (Å²) in [5.41, 5.74) is 6.19. The van der Waals surface area contributed by atoms with Gasteiger partial charge in [-0.25, -0.2) is 0 Å². The van der Waals surface area contributed by atoms with Crippen molar-refractivity contribution >= 4 is 29.4 Å². The zero-order chi connectivity index (χ0) is 19.3. The molecule has 0 spiro atoms.